The summed E-state index contributed by atoms with van der Waals surface area (Å²) in [5.74, 6) is -0.344. The van der Waals surface area contributed by atoms with E-state index in [-0.39, 0.29) is 12.5 Å². The van der Waals surface area contributed by atoms with Gasteiger partial charge >= 0.3 is 0 Å². The number of alkyl halides is 3. The highest BCUT2D eigenvalue weighted by molar-refractivity contribution is 5.53. The Balaban J connectivity index is 3.77. The van der Waals surface area contributed by atoms with Crippen molar-refractivity contribution in [1.29, 1.82) is 0 Å². The van der Waals surface area contributed by atoms with Gasteiger partial charge in [-0.05, 0) is 13.3 Å². The molecule has 0 aliphatic heterocycles. The first kappa shape index (κ1) is 13.4. The van der Waals surface area contributed by atoms with Crippen molar-refractivity contribution in [3.05, 3.63) is 0 Å². The zero-order chi connectivity index (χ0) is 11.2. The van der Waals surface area contributed by atoms with Crippen molar-refractivity contribution in [2.24, 2.45) is 5.92 Å². The summed E-state index contributed by atoms with van der Waals surface area (Å²) in [4.78, 5) is 10.3. The Morgan fingerprint density at radius 1 is 1.50 bits per heavy atom. The van der Waals surface area contributed by atoms with Crippen molar-refractivity contribution in [3.8, 4) is 0 Å². The molecular weight excluding hydrogens is 197 g/mol. The Bertz CT molecular complexity index is 171. The summed E-state index contributed by atoms with van der Waals surface area (Å²) < 4.78 is 41.6. The summed E-state index contributed by atoms with van der Waals surface area (Å²) in [7, 11) is 0. The minimum absolute atomic E-state index is 0.00771. The lowest BCUT2D eigenvalue weighted by Crippen LogP contribution is -2.34. The highest BCUT2D eigenvalue weighted by Crippen LogP contribution is 2.20. The van der Waals surface area contributed by atoms with Crippen molar-refractivity contribution in [2.75, 3.05) is 13.2 Å². The number of ether oxygens (including phenoxy) is 1. The second kappa shape index (κ2) is 6.01. The number of rotatable bonds is 7. The molecule has 0 bridgehead atoms. The molecule has 2 atom stereocenters. The van der Waals surface area contributed by atoms with Crippen LogP contribution in [-0.2, 0) is 9.53 Å². The monoisotopic (exact) mass is 212 g/mol. The fourth-order valence-electron chi connectivity index (χ4n) is 0.726. The number of aldehydes is 1. The molecule has 0 radical (unpaired) electrons. The highest BCUT2D eigenvalue weighted by Gasteiger charge is 2.35. The van der Waals surface area contributed by atoms with E-state index in [1.54, 1.807) is 6.92 Å². The molecule has 0 aliphatic carbocycles. The van der Waals surface area contributed by atoms with Gasteiger partial charge in [0.1, 0.15) is 6.29 Å². The van der Waals surface area contributed by atoms with Crippen molar-refractivity contribution in [2.45, 2.75) is 32.4 Å². The van der Waals surface area contributed by atoms with Gasteiger partial charge in [0, 0.05) is 5.92 Å². The van der Waals surface area contributed by atoms with Crippen LogP contribution in [0.15, 0.2) is 0 Å². The largest absolute Gasteiger partial charge is 0.377 e. The average Bonchev–Trinajstić information content (AvgIpc) is 2.12. The molecule has 0 aromatic carbocycles. The lowest BCUT2D eigenvalue weighted by molar-refractivity contribution is -0.115. The minimum atomic E-state index is -3.07. The molecule has 0 spiro atoms. The molecule has 0 heterocycles. The van der Waals surface area contributed by atoms with Crippen molar-refractivity contribution in [3.63, 3.8) is 0 Å². The fourth-order valence-corrected chi connectivity index (χ4v) is 0.726. The zero-order valence-electron chi connectivity index (χ0n) is 8.30. The Labute approximate surface area is 81.4 Å². The molecule has 2 nitrogen and oxygen atoms in total. The van der Waals surface area contributed by atoms with E-state index >= 15 is 0 Å². The van der Waals surface area contributed by atoms with E-state index in [0.29, 0.717) is 12.7 Å². The van der Waals surface area contributed by atoms with Crippen LogP contribution in [0.1, 0.15) is 20.3 Å². The van der Waals surface area contributed by atoms with Crippen LogP contribution >= 0.6 is 0 Å². The molecular formula is C9H15F3O2. The normalized spacial score (nSPS) is 17.9. The van der Waals surface area contributed by atoms with E-state index in [1.165, 1.54) is 0 Å². The first-order valence-corrected chi connectivity index (χ1v) is 4.44. The number of carbonyl (C=O) groups excluding carboxylic acids is 1. The van der Waals surface area contributed by atoms with E-state index in [0.717, 1.165) is 6.92 Å². The number of carbonyl (C=O) groups is 1. The van der Waals surface area contributed by atoms with Crippen LogP contribution in [0.5, 0.6) is 0 Å². The third-order valence-electron chi connectivity index (χ3n) is 1.89. The topological polar surface area (TPSA) is 26.3 Å². The Morgan fingerprint density at radius 3 is 2.43 bits per heavy atom. The van der Waals surface area contributed by atoms with Crippen LogP contribution in [0, 0.1) is 5.92 Å². The maximum atomic E-state index is 12.9. The van der Waals surface area contributed by atoms with Crippen LogP contribution in [0.4, 0.5) is 13.2 Å². The quantitative estimate of drug-likeness (QED) is 0.605. The van der Waals surface area contributed by atoms with Gasteiger partial charge in [-0.25, -0.2) is 13.2 Å². The van der Waals surface area contributed by atoms with Gasteiger partial charge in [-0.2, -0.15) is 0 Å². The van der Waals surface area contributed by atoms with E-state index in [9.17, 15) is 18.0 Å². The molecule has 0 saturated carbocycles. The van der Waals surface area contributed by atoms with Gasteiger partial charge in [0.05, 0.1) is 13.2 Å². The van der Waals surface area contributed by atoms with Gasteiger partial charge < -0.3 is 9.53 Å². The molecule has 0 fully saturated rings. The number of hydrogen-bond acceptors (Lipinski definition) is 2. The number of hydrogen-bond donors (Lipinski definition) is 0. The molecule has 0 rings (SSSR count). The maximum Gasteiger partial charge on any atom is 0.274 e. The number of halogens is 3. The zero-order valence-corrected chi connectivity index (χ0v) is 8.30. The van der Waals surface area contributed by atoms with Crippen LogP contribution in [-0.4, -0.2) is 31.6 Å². The molecule has 0 amide bonds. The first-order valence-electron chi connectivity index (χ1n) is 4.44. The standard InChI is InChI=1S/C9H15F3O2/c1-3-7(4-13)5-14-6-9(2,12)8(10)11/h4,7-8H,3,5-6H2,1-2H3/t7-,9?/m1/s1. The van der Waals surface area contributed by atoms with Gasteiger partial charge in [0.15, 0.2) is 5.67 Å². The SMILES string of the molecule is CC[C@H](C=O)COCC(C)(F)C(F)F. The molecule has 5 heteroatoms. The molecule has 0 saturated heterocycles. The predicted octanol–water partition coefficient (Wildman–Crippen LogP) is 2.22. The third kappa shape index (κ3) is 4.60. The van der Waals surface area contributed by atoms with Gasteiger partial charge in [-0.3, -0.25) is 0 Å². The summed E-state index contributed by atoms with van der Waals surface area (Å²) in [6.45, 7) is 1.85. The van der Waals surface area contributed by atoms with Crippen LogP contribution < -0.4 is 0 Å². The molecule has 14 heavy (non-hydrogen) atoms. The molecule has 0 aromatic rings. The van der Waals surface area contributed by atoms with Gasteiger partial charge in [0.25, 0.3) is 6.43 Å². The van der Waals surface area contributed by atoms with Crippen LogP contribution in [0.2, 0.25) is 0 Å². The smallest absolute Gasteiger partial charge is 0.274 e. The molecule has 0 aromatic heterocycles. The average molecular weight is 212 g/mol. The minimum Gasteiger partial charge on any atom is -0.377 e. The molecule has 1 unspecified atom stereocenters. The van der Waals surface area contributed by atoms with E-state index in [4.69, 9.17) is 4.74 Å². The maximum absolute atomic E-state index is 12.9. The second-order valence-corrected chi connectivity index (χ2v) is 3.40. The van der Waals surface area contributed by atoms with Crippen LogP contribution in [0.25, 0.3) is 0 Å². The Kier molecular flexibility index (Phi) is 5.76. The Hall–Kier alpha value is -0.580. The van der Waals surface area contributed by atoms with Gasteiger partial charge in [-0.1, -0.05) is 6.92 Å². The second-order valence-electron chi connectivity index (χ2n) is 3.40. The molecule has 0 N–H and O–H groups in total. The highest BCUT2D eigenvalue weighted by atomic mass is 19.3. The van der Waals surface area contributed by atoms with Crippen molar-refractivity contribution in [1.82, 2.24) is 0 Å². The lowest BCUT2D eigenvalue weighted by Gasteiger charge is -2.19. The van der Waals surface area contributed by atoms with Crippen LogP contribution in [0.3, 0.4) is 0 Å². The summed E-state index contributed by atoms with van der Waals surface area (Å²) in [6.07, 6.45) is -1.84. The third-order valence-corrected chi connectivity index (χ3v) is 1.89. The summed E-state index contributed by atoms with van der Waals surface area (Å²) >= 11 is 0. The van der Waals surface area contributed by atoms with Gasteiger partial charge in [-0.15, -0.1) is 0 Å². The fraction of sp³-hybridized carbons (Fsp3) is 0.889. The van der Waals surface area contributed by atoms with E-state index in [2.05, 4.69) is 0 Å². The van der Waals surface area contributed by atoms with Crippen molar-refractivity contribution >= 4 is 6.29 Å². The van der Waals surface area contributed by atoms with Crippen molar-refractivity contribution < 1.29 is 22.7 Å². The predicted molar refractivity (Wildman–Crippen MR) is 46.2 cm³/mol. The summed E-state index contributed by atoms with van der Waals surface area (Å²) in [5.41, 5.74) is -2.64. The first-order chi connectivity index (χ1) is 6.44. The molecule has 84 valence electrons. The lowest BCUT2D eigenvalue weighted by atomic mass is 10.1. The summed E-state index contributed by atoms with van der Waals surface area (Å²) in [6, 6.07) is 0. The Morgan fingerprint density at radius 2 is 2.07 bits per heavy atom. The van der Waals surface area contributed by atoms with Gasteiger partial charge in [0.2, 0.25) is 0 Å². The van der Waals surface area contributed by atoms with E-state index < -0.39 is 18.7 Å². The van der Waals surface area contributed by atoms with E-state index in [1.807, 2.05) is 0 Å². The molecule has 0 aliphatic rings. The summed E-state index contributed by atoms with van der Waals surface area (Å²) in [5, 5.41) is 0.